The number of aliphatic hydroxyl groups excluding tert-OH is 1. The lowest BCUT2D eigenvalue weighted by Crippen LogP contribution is -2.53. The number of hydrogen-bond donors (Lipinski definition) is 3. The van der Waals surface area contributed by atoms with E-state index in [-0.39, 0.29) is 37.6 Å². The molecule has 0 bridgehead atoms. The maximum atomic E-state index is 13.6. The largest absolute Gasteiger partial charge is 0.466 e. The van der Waals surface area contributed by atoms with Gasteiger partial charge in [-0.15, -0.1) is 0 Å². The predicted molar refractivity (Wildman–Crippen MR) is 160 cm³/mol. The van der Waals surface area contributed by atoms with Gasteiger partial charge >= 0.3 is 18.1 Å². The third-order valence-electron chi connectivity index (χ3n) is 8.13. The Bertz CT molecular complexity index is 991. The number of ether oxygens (including phenoxy) is 3. The van der Waals surface area contributed by atoms with E-state index in [9.17, 15) is 19.5 Å². The minimum atomic E-state index is -1.02. The van der Waals surface area contributed by atoms with Crippen molar-refractivity contribution in [3.05, 3.63) is 34.9 Å². The van der Waals surface area contributed by atoms with Crippen molar-refractivity contribution < 1.29 is 33.7 Å². The number of urea groups is 1. The average molecular weight is 610 g/mol. The van der Waals surface area contributed by atoms with Crippen LogP contribution in [-0.2, 0) is 19.0 Å². The molecule has 0 spiro atoms. The number of halogens is 1. The zero-order valence-corrected chi connectivity index (χ0v) is 25.8. The normalized spacial score (nSPS) is 19.8. The minimum absolute atomic E-state index is 0.00756. The van der Waals surface area contributed by atoms with Gasteiger partial charge in [0.1, 0.15) is 0 Å². The van der Waals surface area contributed by atoms with Gasteiger partial charge in [0.2, 0.25) is 0 Å². The summed E-state index contributed by atoms with van der Waals surface area (Å²) in [5.41, 5.74) is 0.906. The molecule has 1 saturated carbocycles. The standard InChI is InChI=1S/C31H48ClN3O7/c1-3-16-41-28(37)20-27(36)26(18-22-9-5-4-6-10-22)34-30(38)35-15-8-12-24(21-35)29(23-11-7-13-25(32)19-23)42-17-14-33-31(39)40-2/h7,11,13,19,22,24,26-27,29,36H,3-6,8-10,12,14-18,20-21H2,1-2H3,(H,33,39)(H,34,38)/t24?,26-,27-,29-/m0/s1. The Hall–Kier alpha value is -2.56. The lowest BCUT2D eigenvalue weighted by atomic mass is 9.83. The molecular weight excluding hydrogens is 562 g/mol. The molecule has 0 aromatic heterocycles. The SMILES string of the molecule is CCCOC(=O)C[C@H](O)[C@H](CC1CCCCC1)NC(=O)N1CCCC([C@@H](OCCNC(=O)OC)c2cccc(Cl)c2)C1. The molecule has 1 saturated heterocycles. The summed E-state index contributed by atoms with van der Waals surface area (Å²) in [5.74, 6) is -0.0565. The van der Waals surface area contributed by atoms with Gasteiger partial charge in [0.25, 0.3) is 0 Å². The molecule has 4 atom stereocenters. The molecule has 10 nitrogen and oxygen atoms in total. The zero-order valence-electron chi connectivity index (χ0n) is 25.0. The van der Waals surface area contributed by atoms with E-state index in [0.717, 1.165) is 44.1 Å². The van der Waals surface area contributed by atoms with Gasteiger partial charge in [-0.2, -0.15) is 0 Å². The summed E-state index contributed by atoms with van der Waals surface area (Å²) >= 11 is 6.30. The molecule has 0 radical (unpaired) electrons. The van der Waals surface area contributed by atoms with Crippen LogP contribution >= 0.6 is 11.6 Å². The first-order valence-electron chi connectivity index (χ1n) is 15.4. The van der Waals surface area contributed by atoms with Crippen molar-refractivity contribution in [2.45, 2.75) is 89.4 Å². The second-order valence-corrected chi connectivity index (χ2v) is 11.8. The van der Waals surface area contributed by atoms with Crippen molar-refractivity contribution in [3.63, 3.8) is 0 Å². The second kappa shape index (κ2) is 18.2. The molecule has 11 heteroatoms. The molecule has 1 aliphatic heterocycles. The second-order valence-electron chi connectivity index (χ2n) is 11.4. The molecule has 3 amide bonds. The molecule has 3 N–H and O–H groups in total. The molecule has 1 aromatic carbocycles. The third-order valence-corrected chi connectivity index (χ3v) is 8.37. The number of nitrogens with one attached hydrogen (secondary N) is 2. The van der Waals surface area contributed by atoms with Crippen LogP contribution in [0.5, 0.6) is 0 Å². The maximum absolute atomic E-state index is 13.6. The molecule has 2 fully saturated rings. The van der Waals surface area contributed by atoms with Crippen LogP contribution in [0.2, 0.25) is 5.02 Å². The molecule has 1 heterocycles. The van der Waals surface area contributed by atoms with Gasteiger partial charge in [-0.3, -0.25) is 4.79 Å². The number of amides is 3. The highest BCUT2D eigenvalue weighted by molar-refractivity contribution is 6.30. The fourth-order valence-electron chi connectivity index (χ4n) is 5.97. The summed E-state index contributed by atoms with van der Waals surface area (Å²) in [6, 6.07) is 6.71. The third kappa shape index (κ3) is 11.3. The molecule has 2 aliphatic rings. The van der Waals surface area contributed by atoms with Crippen LogP contribution < -0.4 is 10.6 Å². The zero-order chi connectivity index (χ0) is 30.3. The van der Waals surface area contributed by atoms with Crippen LogP contribution in [0.4, 0.5) is 9.59 Å². The number of nitrogens with zero attached hydrogens (tertiary/aromatic N) is 1. The summed E-state index contributed by atoms with van der Waals surface area (Å²) in [6.45, 7) is 3.82. The van der Waals surface area contributed by atoms with E-state index in [2.05, 4.69) is 15.4 Å². The number of likely N-dealkylation sites (tertiary alicyclic amines) is 1. The summed E-state index contributed by atoms with van der Waals surface area (Å²) in [5, 5.41) is 17.3. The molecule has 1 aliphatic carbocycles. The van der Waals surface area contributed by atoms with Crippen molar-refractivity contribution in [2.24, 2.45) is 11.8 Å². The number of methoxy groups -OCH3 is 1. The summed E-state index contributed by atoms with van der Waals surface area (Å²) in [6.07, 6.45) is 6.58. The van der Waals surface area contributed by atoms with Crippen molar-refractivity contribution >= 4 is 29.7 Å². The molecule has 3 rings (SSSR count). The lowest BCUT2D eigenvalue weighted by Gasteiger charge is -2.38. The van der Waals surface area contributed by atoms with Gasteiger partial charge in [0.15, 0.2) is 0 Å². The van der Waals surface area contributed by atoms with Crippen LogP contribution in [0.15, 0.2) is 24.3 Å². The maximum Gasteiger partial charge on any atom is 0.406 e. The highest BCUT2D eigenvalue weighted by Gasteiger charge is 2.34. The topological polar surface area (TPSA) is 126 Å². The number of rotatable bonds is 14. The number of hydrogen-bond acceptors (Lipinski definition) is 7. The predicted octanol–water partition coefficient (Wildman–Crippen LogP) is 5.22. The molecule has 1 aromatic rings. The first-order valence-corrected chi connectivity index (χ1v) is 15.8. The van der Waals surface area contributed by atoms with Gasteiger partial charge in [-0.05, 0) is 49.3 Å². The van der Waals surface area contributed by atoms with E-state index >= 15 is 0 Å². The Morgan fingerprint density at radius 2 is 1.90 bits per heavy atom. The first kappa shape index (κ1) is 33.9. The fraction of sp³-hybridized carbons (Fsp3) is 0.710. The molecule has 42 heavy (non-hydrogen) atoms. The van der Waals surface area contributed by atoms with Crippen LogP contribution in [-0.4, -0.2) is 80.2 Å². The van der Waals surface area contributed by atoms with E-state index < -0.39 is 24.2 Å². The number of carbonyl (C=O) groups excluding carboxylic acids is 3. The smallest absolute Gasteiger partial charge is 0.406 e. The summed E-state index contributed by atoms with van der Waals surface area (Å²) < 4.78 is 16.1. The van der Waals surface area contributed by atoms with E-state index in [1.807, 2.05) is 25.1 Å². The first-order chi connectivity index (χ1) is 20.3. The Morgan fingerprint density at radius 1 is 1.12 bits per heavy atom. The van der Waals surface area contributed by atoms with Gasteiger partial charge in [0.05, 0.1) is 45.0 Å². The Balaban J connectivity index is 1.68. The quantitative estimate of drug-likeness (QED) is 0.195. The van der Waals surface area contributed by atoms with Crippen molar-refractivity contribution in [1.29, 1.82) is 0 Å². The highest BCUT2D eigenvalue weighted by Crippen LogP contribution is 2.34. The number of alkyl carbamates (subject to hydrolysis) is 1. The monoisotopic (exact) mass is 609 g/mol. The van der Waals surface area contributed by atoms with E-state index in [4.69, 9.17) is 21.1 Å². The fourth-order valence-corrected chi connectivity index (χ4v) is 6.17. The summed E-state index contributed by atoms with van der Waals surface area (Å²) in [7, 11) is 1.31. The molecule has 236 valence electrons. The Kier molecular flexibility index (Phi) is 14.7. The van der Waals surface area contributed by atoms with Gasteiger partial charge in [0, 0.05) is 30.6 Å². The van der Waals surface area contributed by atoms with E-state index in [1.54, 1.807) is 11.0 Å². The van der Waals surface area contributed by atoms with Gasteiger partial charge in [-0.25, -0.2) is 9.59 Å². The van der Waals surface area contributed by atoms with Gasteiger partial charge < -0.3 is 34.9 Å². The van der Waals surface area contributed by atoms with E-state index in [0.29, 0.717) is 43.5 Å². The number of carbonyl (C=O) groups is 3. The number of benzene rings is 1. The summed E-state index contributed by atoms with van der Waals surface area (Å²) in [4.78, 5) is 39.1. The van der Waals surface area contributed by atoms with Crippen LogP contribution in [0.1, 0.15) is 82.8 Å². The van der Waals surface area contributed by atoms with Crippen molar-refractivity contribution in [3.8, 4) is 0 Å². The molecular formula is C31H48ClN3O7. The molecule has 1 unspecified atom stereocenters. The van der Waals surface area contributed by atoms with E-state index in [1.165, 1.54) is 13.5 Å². The van der Waals surface area contributed by atoms with Crippen molar-refractivity contribution in [2.75, 3.05) is 40.0 Å². The number of piperidine rings is 1. The van der Waals surface area contributed by atoms with Crippen LogP contribution in [0, 0.1) is 11.8 Å². The number of aliphatic hydroxyl groups is 1. The van der Waals surface area contributed by atoms with Gasteiger partial charge in [-0.1, -0.05) is 62.8 Å². The highest BCUT2D eigenvalue weighted by atomic mass is 35.5. The van der Waals surface area contributed by atoms with Crippen molar-refractivity contribution in [1.82, 2.24) is 15.5 Å². The Morgan fingerprint density at radius 3 is 2.62 bits per heavy atom. The van der Waals surface area contributed by atoms with Crippen LogP contribution in [0.25, 0.3) is 0 Å². The lowest BCUT2D eigenvalue weighted by molar-refractivity contribution is -0.146. The Labute approximate surface area is 254 Å². The average Bonchev–Trinajstić information content (AvgIpc) is 3.00. The van der Waals surface area contributed by atoms with Crippen LogP contribution in [0.3, 0.4) is 0 Å². The number of esters is 1. The minimum Gasteiger partial charge on any atom is -0.466 e.